The summed E-state index contributed by atoms with van der Waals surface area (Å²) in [6.45, 7) is 4.09. The van der Waals surface area contributed by atoms with Crippen molar-refractivity contribution in [2.45, 2.75) is 26.4 Å². The fraction of sp³-hybridized carbons (Fsp3) is 0.211. The van der Waals surface area contributed by atoms with Crippen molar-refractivity contribution < 1.29 is 4.79 Å². The van der Waals surface area contributed by atoms with Crippen LogP contribution in [0.15, 0.2) is 53.0 Å². The number of hydrogen-bond acceptors (Lipinski definition) is 3. The molecule has 0 spiro atoms. The summed E-state index contributed by atoms with van der Waals surface area (Å²) in [4.78, 5) is 12.5. The molecule has 1 amide bonds. The summed E-state index contributed by atoms with van der Waals surface area (Å²) in [5.74, 6) is 0.535. The number of aromatic nitrogens is 3. The van der Waals surface area contributed by atoms with Gasteiger partial charge in [0, 0.05) is 10.0 Å². The van der Waals surface area contributed by atoms with Gasteiger partial charge >= 0.3 is 0 Å². The van der Waals surface area contributed by atoms with Crippen LogP contribution in [-0.4, -0.2) is 20.7 Å². The zero-order valence-electron chi connectivity index (χ0n) is 14.5. The Morgan fingerprint density at radius 2 is 1.88 bits per heavy atom. The molecule has 1 heterocycles. The molecule has 0 aliphatic carbocycles. The number of nitrogens with zero attached hydrogens (tertiary/aromatic N) is 2. The number of nitrogens with one attached hydrogen (secondary N) is 2. The average molecular weight is 431 g/mol. The van der Waals surface area contributed by atoms with Gasteiger partial charge in [0.1, 0.15) is 6.54 Å². The number of carbonyl (C=O) groups is 1. The van der Waals surface area contributed by atoms with Gasteiger partial charge in [0.15, 0.2) is 10.6 Å². The van der Waals surface area contributed by atoms with Crippen molar-refractivity contribution in [2.24, 2.45) is 0 Å². The fourth-order valence-electron chi connectivity index (χ4n) is 2.65. The van der Waals surface area contributed by atoms with E-state index >= 15 is 0 Å². The molecule has 1 unspecified atom stereocenters. The van der Waals surface area contributed by atoms with Crippen molar-refractivity contribution in [3.05, 3.63) is 68.9 Å². The Kier molecular flexibility index (Phi) is 5.68. The van der Waals surface area contributed by atoms with Gasteiger partial charge in [0.25, 0.3) is 0 Å². The summed E-state index contributed by atoms with van der Waals surface area (Å²) in [6, 6.07) is 15.7. The van der Waals surface area contributed by atoms with Crippen molar-refractivity contribution in [3.63, 3.8) is 0 Å². The second-order valence-corrected chi connectivity index (χ2v) is 7.45. The number of aryl methyl sites for hydroxylation is 1. The Bertz CT molecular complexity index is 960. The monoisotopic (exact) mass is 430 g/mol. The Hall–Kier alpha value is -2.25. The third-order valence-corrected chi connectivity index (χ3v) is 4.96. The summed E-state index contributed by atoms with van der Waals surface area (Å²) in [6.07, 6.45) is 0. The van der Waals surface area contributed by atoms with Gasteiger partial charge in [-0.25, -0.2) is 0 Å². The molecular formula is C19H19BrN4OS. The van der Waals surface area contributed by atoms with Gasteiger partial charge in [-0.2, -0.15) is 5.10 Å². The molecule has 0 saturated heterocycles. The van der Waals surface area contributed by atoms with E-state index in [1.165, 1.54) is 0 Å². The van der Waals surface area contributed by atoms with Gasteiger partial charge in [0.2, 0.25) is 5.91 Å². The van der Waals surface area contributed by atoms with Gasteiger partial charge in [-0.15, -0.1) is 0 Å². The minimum Gasteiger partial charge on any atom is -0.348 e. The number of hydrogen-bond donors (Lipinski definition) is 2. The summed E-state index contributed by atoms with van der Waals surface area (Å²) in [5, 5.41) is 10.1. The lowest BCUT2D eigenvalue weighted by atomic mass is 10.1. The molecule has 0 aliphatic rings. The van der Waals surface area contributed by atoms with Crippen LogP contribution in [0.4, 0.5) is 0 Å². The number of carbonyl (C=O) groups excluding carboxylic acids is 1. The van der Waals surface area contributed by atoms with E-state index in [1.54, 1.807) is 4.57 Å². The highest BCUT2D eigenvalue weighted by atomic mass is 79.9. The molecule has 5 nitrogen and oxygen atoms in total. The third-order valence-electron chi connectivity index (χ3n) is 4.12. The van der Waals surface area contributed by atoms with E-state index < -0.39 is 0 Å². The number of amides is 1. The SMILES string of the molecule is Cc1ccc(-c2n[nH]c(=S)n2CC(=O)NC(C)c2ccc(Br)cc2)cc1. The first-order chi connectivity index (χ1) is 12.4. The molecule has 0 bridgehead atoms. The molecule has 1 atom stereocenters. The van der Waals surface area contributed by atoms with Crippen LogP contribution in [0.5, 0.6) is 0 Å². The second kappa shape index (κ2) is 7.97. The first kappa shape index (κ1) is 18.5. The molecule has 0 radical (unpaired) electrons. The van der Waals surface area contributed by atoms with Crippen LogP contribution in [0.2, 0.25) is 0 Å². The van der Waals surface area contributed by atoms with Gasteiger partial charge in [-0.05, 0) is 43.8 Å². The summed E-state index contributed by atoms with van der Waals surface area (Å²) in [5.41, 5.74) is 3.11. The maximum absolute atomic E-state index is 12.5. The Morgan fingerprint density at radius 1 is 1.23 bits per heavy atom. The van der Waals surface area contributed by atoms with E-state index in [4.69, 9.17) is 12.2 Å². The van der Waals surface area contributed by atoms with Crippen molar-refractivity contribution in [1.82, 2.24) is 20.1 Å². The average Bonchev–Trinajstić information content (AvgIpc) is 2.97. The summed E-state index contributed by atoms with van der Waals surface area (Å²) < 4.78 is 3.14. The molecule has 134 valence electrons. The van der Waals surface area contributed by atoms with E-state index in [2.05, 4.69) is 31.4 Å². The van der Waals surface area contributed by atoms with Crippen molar-refractivity contribution in [2.75, 3.05) is 0 Å². The molecule has 0 aliphatic heterocycles. The van der Waals surface area contributed by atoms with Gasteiger partial charge < -0.3 is 5.32 Å². The zero-order chi connectivity index (χ0) is 18.7. The van der Waals surface area contributed by atoms with Crippen LogP contribution < -0.4 is 5.32 Å². The highest BCUT2D eigenvalue weighted by Gasteiger charge is 2.14. The van der Waals surface area contributed by atoms with Crippen LogP contribution in [0, 0.1) is 11.7 Å². The molecule has 2 aromatic carbocycles. The highest BCUT2D eigenvalue weighted by Crippen LogP contribution is 2.19. The van der Waals surface area contributed by atoms with Gasteiger partial charge in [-0.1, -0.05) is 57.9 Å². The largest absolute Gasteiger partial charge is 0.348 e. The third kappa shape index (κ3) is 4.28. The Labute approximate surface area is 165 Å². The normalized spacial score (nSPS) is 12.0. The van der Waals surface area contributed by atoms with Crippen LogP contribution in [-0.2, 0) is 11.3 Å². The van der Waals surface area contributed by atoms with Crippen molar-refractivity contribution in [1.29, 1.82) is 0 Å². The van der Waals surface area contributed by atoms with Crippen LogP contribution in [0.1, 0.15) is 24.1 Å². The highest BCUT2D eigenvalue weighted by molar-refractivity contribution is 9.10. The van der Waals surface area contributed by atoms with E-state index in [-0.39, 0.29) is 18.5 Å². The molecule has 0 fully saturated rings. The van der Waals surface area contributed by atoms with Crippen LogP contribution in [0.25, 0.3) is 11.4 Å². The second-order valence-electron chi connectivity index (χ2n) is 6.15. The van der Waals surface area contributed by atoms with Crippen molar-refractivity contribution >= 4 is 34.1 Å². The predicted octanol–water partition coefficient (Wildman–Crippen LogP) is 4.56. The molecule has 2 N–H and O–H groups in total. The Morgan fingerprint density at radius 3 is 2.54 bits per heavy atom. The first-order valence-electron chi connectivity index (χ1n) is 8.21. The molecular weight excluding hydrogens is 412 g/mol. The number of aromatic amines is 1. The van der Waals surface area contributed by atoms with E-state index in [0.717, 1.165) is 21.2 Å². The van der Waals surface area contributed by atoms with Gasteiger partial charge in [0.05, 0.1) is 6.04 Å². The zero-order valence-corrected chi connectivity index (χ0v) is 16.9. The number of H-pyrrole nitrogens is 1. The quantitative estimate of drug-likeness (QED) is 0.583. The maximum Gasteiger partial charge on any atom is 0.240 e. The molecule has 0 saturated carbocycles. The Balaban J connectivity index is 1.75. The number of benzene rings is 2. The molecule has 1 aromatic heterocycles. The number of rotatable bonds is 5. The summed E-state index contributed by atoms with van der Waals surface area (Å²) in [7, 11) is 0. The summed E-state index contributed by atoms with van der Waals surface area (Å²) >= 11 is 8.71. The topological polar surface area (TPSA) is 62.7 Å². The maximum atomic E-state index is 12.5. The fourth-order valence-corrected chi connectivity index (χ4v) is 3.11. The van der Waals surface area contributed by atoms with E-state index in [1.807, 2.05) is 62.4 Å². The molecule has 7 heteroatoms. The predicted molar refractivity (Wildman–Crippen MR) is 108 cm³/mol. The lowest BCUT2D eigenvalue weighted by molar-refractivity contribution is -0.122. The van der Waals surface area contributed by atoms with Crippen LogP contribution >= 0.6 is 28.1 Å². The minimum absolute atomic E-state index is 0.0977. The van der Waals surface area contributed by atoms with E-state index in [9.17, 15) is 4.79 Å². The standard InChI is InChI=1S/C19H19BrN4OS/c1-12-3-5-15(6-4-12)18-22-23-19(26)24(18)11-17(25)21-13(2)14-7-9-16(20)10-8-14/h3-10,13H,11H2,1-2H3,(H,21,25)(H,23,26). The first-order valence-corrected chi connectivity index (χ1v) is 9.41. The lowest BCUT2D eigenvalue weighted by Gasteiger charge is -2.15. The lowest BCUT2D eigenvalue weighted by Crippen LogP contribution is -2.30. The minimum atomic E-state index is -0.119. The van der Waals surface area contributed by atoms with Crippen LogP contribution in [0.3, 0.4) is 0 Å². The number of halogens is 1. The van der Waals surface area contributed by atoms with E-state index in [0.29, 0.717) is 10.6 Å². The van der Waals surface area contributed by atoms with Crippen molar-refractivity contribution in [3.8, 4) is 11.4 Å². The smallest absolute Gasteiger partial charge is 0.240 e. The molecule has 3 rings (SSSR count). The molecule has 3 aromatic rings. The van der Waals surface area contributed by atoms with Gasteiger partial charge in [-0.3, -0.25) is 14.5 Å². The molecule has 26 heavy (non-hydrogen) atoms.